The minimum Gasteiger partial charge on any atom is -0.368 e. The van der Waals surface area contributed by atoms with Gasteiger partial charge in [-0.05, 0) is 31.2 Å². The summed E-state index contributed by atoms with van der Waals surface area (Å²) in [6, 6.07) is 8.87. The molecular weight excluding hydrogens is 332 g/mol. The third-order valence-electron chi connectivity index (χ3n) is 3.78. The van der Waals surface area contributed by atoms with E-state index >= 15 is 0 Å². The summed E-state index contributed by atoms with van der Waals surface area (Å²) in [5.41, 5.74) is -0.191. The van der Waals surface area contributed by atoms with Crippen LogP contribution in [0, 0.1) is 6.92 Å². The molecule has 0 spiro atoms. The van der Waals surface area contributed by atoms with Gasteiger partial charge in [0.25, 0.3) is 11.5 Å². The highest BCUT2D eigenvalue weighted by molar-refractivity contribution is 5.93. The summed E-state index contributed by atoms with van der Waals surface area (Å²) in [5, 5.41) is 5.89. The smallest absolute Gasteiger partial charge is 0.263 e. The van der Waals surface area contributed by atoms with Gasteiger partial charge in [0.05, 0.1) is 0 Å². The molecule has 0 radical (unpaired) electrons. The lowest BCUT2D eigenvalue weighted by Crippen LogP contribution is -2.34. The van der Waals surface area contributed by atoms with Gasteiger partial charge in [-0.3, -0.25) is 9.59 Å². The molecule has 3 heterocycles. The van der Waals surface area contributed by atoms with Crippen molar-refractivity contribution >= 4 is 11.7 Å². The fourth-order valence-electron chi connectivity index (χ4n) is 2.49. The van der Waals surface area contributed by atoms with Gasteiger partial charge < -0.3 is 19.8 Å². The molecule has 134 valence electrons. The lowest BCUT2D eigenvalue weighted by Gasteiger charge is -2.10. The molecular formula is C18H20N6O2. The number of hydrogen-bond acceptors (Lipinski definition) is 5. The van der Waals surface area contributed by atoms with Gasteiger partial charge in [0.1, 0.15) is 23.0 Å². The van der Waals surface area contributed by atoms with Crippen molar-refractivity contribution in [1.82, 2.24) is 24.4 Å². The monoisotopic (exact) mass is 352 g/mol. The third-order valence-corrected chi connectivity index (χ3v) is 3.78. The van der Waals surface area contributed by atoms with Crippen molar-refractivity contribution < 1.29 is 4.79 Å². The Labute approximate surface area is 150 Å². The number of aryl methyl sites for hydroxylation is 2. The van der Waals surface area contributed by atoms with Crippen LogP contribution in [0.4, 0.5) is 5.82 Å². The van der Waals surface area contributed by atoms with E-state index in [0.717, 1.165) is 5.82 Å². The Balaban J connectivity index is 1.58. The van der Waals surface area contributed by atoms with E-state index in [1.54, 1.807) is 19.3 Å². The van der Waals surface area contributed by atoms with Crippen molar-refractivity contribution in [3.63, 3.8) is 0 Å². The number of aromatic nitrogens is 4. The molecule has 0 aliphatic carbocycles. The largest absolute Gasteiger partial charge is 0.368 e. The van der Waals surface area contributed by atoms with E-state index < -0.39 is 0 Å². The predicted molar refractivity (Wildman–Crippen MR) is 98.6 cm³/mol. The van der Waals surface area contributed by atoms with Crippen LogP contribution >= 0.6 is 0 Å². The van der Waals surface area contributed by atoms with E-state index in [4.69, 9.17) is 0 Å². The van der Waals surface area contributed by atoms with Crippen LogP contribution in [0.3, 0.4) is 0 Å². The van der Waals surface area contributed by atoms with Crippen molar-refractivity contribution in [2.45, 2.75) is 6.92 Å². The molecule has 3 rings (SSSR count). The summed E-state index contributed by atoms with van der Waals surface area (Å²) in [5.74, 6) is 1.70. The molecule has 0 saturated heterocycles. The second-order valence-electron chi connectivity index (χ2n) is 5.77. The van der Waals surface area contributed by atoms with Crippen LogP contribution in [0.15, 0.2) is 53.7 Å². The number of nitrogens with one attached hydrogen (secondary N) is 2. The maximum atomic E-state index is 12.1. The van der Waals surface area contributed by atoms with Crippen molar-refractivity contribution in [3.8, 4) is 5.82 Å². The number of carbonyl (C=O) groups is 1. The molecule has 0 fully saturated rings. The Morgan fingerprint density at radius 2 is 1.88 bits per heavy atom. The van der Waals surface area contributed by atoms with Crippen LogP contribution < -0.4 is 16.2 Å². The van der Waals surface area contributed by atoms with Gasteiger partial charge >= 0.3 is 0 Å². The fraction of sp³-hybridized carbons (Fsp3) is 0.222. The maximum absolute atomic E-state index is 12.1. The molecule has 8 nitrogen and oxygen atoms in total. The molecule has 2 N–H and O–H groups in total. The molecule has 1 amide bonds. The van der Waals surface area contributed by atoms with Crippen LogP contribution in [-0.4, -0.2) is 38.1 Å². The zero-order valence-corrected chi connectivity index (χ0v) is 14.6. The molecule has 26 heavy (non-hydrogen) atoms. The molecule has 0 unspecified atom stereocenters. The van der Waals surface area contributed by atoms with E-state index in [2.05, 4.69) is 20.6 Å². The Morgan fingerprint density at radius 1 is 1.12 bits per heavy atom. The van der Waals surface area contributed by atoms with E-state index in [-0.39, 0.29) is 17.0 Å². The molecule has 0 aromatic carbocycles. The summed E-state index contributed by atoms with van der Waals surface area (Å²) < 4.78 is 3.27. The average Bonchev–Trinajstić information content (AvgIpc) is 3.15. The van der Waals surface area contributed by atoms with Crippen LogP contribution in [0.2, 0.25) is 0 Å². The molecule has 0 bridgehead atoms. The first-order valence-electron chi connectivity index (χ1n) is 8.21. The molecule has 0 atom stereocenters. The van der Waals surface area contributed by atoms with Crippen LogP contribution in [0.25, 0.3) is 5.82 Å². The maximum Gasteiger partial charge on any atom is 0.263 e. The van der Waals surface area contributed by atoms with Gasteiger partial charge in [-0.2, -0.15) is 0 Å². The van der Waals surface area contributed by atoms with Crippen molar-refractivity contribution in [1.29, 1.82) is 0 Å². The van der Waals surface area contributed by atoms with E-state index in [9.17, 15) is 9.59 Å². The predicted octanol–water partition coefficient (Wildman–Crippen LogP) is 1.12. The normalized spacial score (nSPS) is 10.5. The molecule has 0 aliphatic rings. The summed E-state index contributed by atoms with van der Waals surface area (Å²) in [6.45, 7) is 2.66. The summed E-state index contributed by atoms with van der Waals surface area (Å²) in [6.07, 6.45) is 5.43. The third kappa shape index (κ3) is 3.97. The zero-order valence-electron chi connectivity index (χ0n) is 14.6. The molecule has 8 heteroatoms. The van der Waals surface area contributed by atoms with Crippen LogP contribution in [0.5, 0.6) is 0 Å². The number of anilines is 1. The summed E-state index contributed by atoms with van der Waals surface area (Å²) in [7, 11) is 1.61. The van der Waals surface area contributed by atoms with E-state index in [0.29, 0.717) is 24.7 Å². The van der Waals surface area contributed by atoms with Crippen LogP contribution in [0.1, 0.15) is 16.2 Å². The van der Waals surface area contributed by atoms with Gasteiger partial charge in [0, 0.05) is 44.8 Å². The van der Waals surface area contributed by atoms with Gasteiger partial charge in [0.15, 0.2) is 0 Å². The van der Waals surface area contributed by atoms with Gasteiger partial charge in [0.2, 0.25) is 0 Å². The summed E-state index contributed by atoms with van der Waals surface area (Å²) >= 11 is 0. The summed E-state index contributed by atoms with van der Waals surface area (Å²) in [4.78, 5) is 32.8. The Hall–Kier alpha value is -3.42. The SMILES string of the molecule is Cc1nc(NCCNC(=O)c2cccn(C)c2=O)cc(-n2cccc2)n1. The fourth-order valence-corrected chi connectivity index (χ4v) is 2.49. The first-order valence-corrected chi connectivity index (χ1v) is 8.21. The number of rotatable bonds is 6. The minimum atomic E-state index is -0.389. The molecule has 3 aromatic heterocycles. The van der Waals surface area contributed by atoms with Crippen molar-refractivity contribution in [2.75, 3.05) is 18.4 Å². The van der Waals surface area contributed by atoms with Crippen molar-refractivity contribution in [2.24, 2.45) is 7.05 Å². The number of nitrogens with zero attached hydrogens (tertiary/aromatic N) is 4. The highest BCUT2D eigenvalue weighted by Gasteiger charge is 2.10. The minimum absolute atomic E-state index is 0.128. The molecule has 0 saturated carbocycles. The number of amides is 1. The average molecular weight is 352 g/mol. The van der Waals surface area contributed by atoms with E-state index in [1.807, 2.05) is 42.1 Å². The first kappa shape index (κ1) is 17.4. The number of pyridine rings is 1. The Morgan fingerprint density at radius 3 is 2.65 bits per heavy atom. The quantitative estimate of drug-likeness (QED) is 0.648. The molecule has 3 aromatic rings. The Kier molecular flexibility index (Phi) is 5.12. The van der Waals surface area contributed by atoms with Crippen LogP contribution in [-0.2, 0) is 7.05 Å². The second kappa shape index (κ2) is 7.64. The number of hydrogen-bond donors (Lipinski definition) is 2. The highest BCUT2D eigenvalue weighted by Crippen LogP contribution is 2.10. The standard InChI is InChI=1S/C18H20N6O2/c1-13-21-15(12-16(22-13)24-10-3-4-11-24)19-7-8-20-17(25)14-6-5-9-23(2)18(14)26/h3-6,9-12H,7-8H2,1-2H3,(H,20,25)(H,19,21,22). The van der Waals surface area contributed by atoms with Gasteiger partial charge in [-0.25, -0.2) is 9.97 Å². The van der Waals surface area contributed by atoms with Gasteiger partial charge in [-0.15, -0.1) is 0 Å². The first-order chi connectivity index (χ1) is 12.5. The Bertz CT molecular complexity index is 962. The lowest BCUT2D eigenvalue weighted by molar-refractivity contribution is 0.0953. The van der Waals surface area contributed by atoms with Crippen molar-refractivity contribution in [3.05, 3.63) is 70.7 Å². The molecule has 0 aliphatic heterocycles. The van der Waals surface area contributed by atoms with Gasteiger partial charge in [-0.1, -0.05) is 0 Å². The highest BCUT2D eigenvalue weighted by atomic mass is 16.2. The topological polar surface area (TPSA) is 93.8 Å². The van der Waals surface area contributed by atoms with E-state index in [1.165, 1.54) is 10.6 Å². The number of carbonyl (C=O) groups excluding carboxylic acids is 1. The second-order valence-corrected chi connectivity index (χ2v) is 5.77. The lowest BCUT2D eigenvalue weighted by atomic mass is 10.2. The zero-order chi connectivity index (χ0) is 18.5.